The maximum Gasteiger partial charge on any atom is 0.253 e. The molecule has 1 N–H and O–H groups in total. The molecule has 1 aromatic rings. The summed E-state index contributed by atoms with van der Waals surface area (Å²) in [5, 5.41) is 3.12. The highest BCUT2D eigenvalue weighted by Gasteiger charge is 2.32. The second kappa shape index (κ2) is 9.19. The zero-order valence-corrected chi connectivity index (χ0v) is 16.0. The summed E-state index contributed by atoms with van der Waals surface area (Å²) in [6.45, 7) is 2.30. The first-order valence-electron chi connectivity index (χ1n) is 9.46. The van der Waals surface area contributed by atoms with E-state index in [4.69, 9.17) is 14.2 Å². The normalized spacial score (nSPS) is 23.7. The third kappa shape index (κ3) is 4.78. The van der Waals surface area contributed by atoms with Crippen molar-refractivity contribution in [2.24, 2.45) is 5.92 Å². The highest BCUT2D eigenvalue weighted by molar-refractivity contribution is 5.94. The van der Waals surface area contributed by atoms with Gasteiger partial charge >= 0.3 is 0 Å². The molecule has 2 aliphatic heterocycles. The van der Waals surface area contributed by atoms with Gasteiger partial charge in [0.1, 0.15) is 11.9 Å². The van der Waals surface area contributed by atoms with Gasteiger partial charge in [0.05, 0.1) is 19.8 Å². The van der Waals surface area contributed by atoms with Gasteiger partial charge in [-0.1, -0.05) is 6.07 Å². The summed E-state index contributed by atoms with van der Waals surface area (Å²) in [4.78, 5) is 27.1. The van der Waals surface area contributed by atoms with Crippen LogP contribution >= 0.6 is 0 Å². The monoisotopic (exact) mass is 376 g/mol. The molecular formula is C20H28N2O5. The molecule has 2 atom stereocenters. The number of carbonyl (C=O) groups excluding carboxylic acids is 2. The summed E-state index contributed by atoms with van der Waals surface area (Å²) >= 11 is 0. The summed E-state index contributed by atoms with van der Waals surface area (Å²) in [6, 6.07) is 7.16. The first kappa shape index (κ1) is 19.6. The number of benzene rings is 1. The third-order valence-corrected chi connectivity index (χ3v) is 5.40. The summed E-state index contributed by atoms with van der Waals surface area (Å²) < 4.78 is 16.0. The van der Waals surface area contributed by atoms with Gasteiger partial charge in [0.25, 0.3) is 5.91 Å². The number of nitrogens with zero attached hydrogens (tertiary/aromatic N) is 1. The zero-order valence-electron chi connectivity index (χ0n) is 16.0. The van der Waals surface area contributed by atoms with E-state index in [0.717, 1.165) is 6.42 Å². The number of rotatable bonds is 5. The van der Waals surface area contributed by atoms with Crippen LogP contribution in [0.4, 0.5) is 0 Å². The van der Waals surface area contributed by atoms with Crippen LogP contribution in [0.5, 0.6) is 5.75 Å². The average molecular weight is 376 g/mol. The lowest BCUT2D eigenvalue weighted by atomic mass is 9.94. The zero-order chi connectivity index (χ0) is 19.2. The molecule has 148 valence electrons. The van der Waals surface area contributed by atoms with Gasteiger partial charge in [-0.25, -0.2) is 0 Å². The van der Waals surface area contributed by atoms with E-state index < -0.39 is 0 Å². The standard InChI is InChI=1S/C20H28N2O5/c1-25-16-5-3-4-15(12-16)20(24)22-9-6-14(7-10-22)19(23)21-17-8-11-27-13-18(17)26-2/h3-5,12,14,17-18H,6-11,13H2,1-2H3,(H,21,23)/t17-,18-/m1/s1. The topological polar surface area (TPSA) is 77.1 Å². The maximum absolute atomic E-state index is 12.7. The Labute approximate surface area is 160 Å². The molecule has 2 aliphatic rings. The summed E-state index contributed by atoms with van der Waals surface area (Å²) in [6.07, 6.45) is 2.00. The fraction of sp³-hybridized carbons (Fsp3) is 0.600. The minimum absolute atomic E-state index is 0.00676. The van der Waals surface area contributed by atoms with Crippen molar-refractivity contribution in [2.45, 2.75) is 31.4 Å². The molecular weight excluding hydrogens is 348 g/mol. The molecule has 1 aromatic carbocycles. The molecule has 7 nitrogen and oxygen atoms in total. The van der Waals surface area contributed by atoms with Crippen molar-refractivity contribution in [1.82, 2.24) is 10.2 Å². The Morgan fingerprint density at radius 2 is 1.96 bits per heavy atom. The molecule has 0 unspecified atom stereocenters. The van der Waals surface area contributed by atoms with Gasteiger partial charge in [0.15, 0.2) is 0 Å². The Balaban J connectivity index is 1.52. The van der Waals surface area contributed by atoms with Gasteiger partial charge in [-0.2, -0.15) is 0 Å². The van der Waals surface area contributed by atoms with Gasteiger partial charge in [-0.15, -0.1) is 0 Å². The van der Waals surface area contributed by atoms with Crippen molar-refractivity contribution in [2.75, 3.05) is 40.5 Å². The van der Waals surface area contributed by atoms with Crippen LogP contribution in [-0.2, 0) is 14.3 Å². The average Bonchev–Trinajstić information content (AvgIpc) is 2.73. The van der Waals surface area contributed by atoms with Crippen molar-refractivity contribution in [1.29, 1.82) is 0 Å². The predicted molar refractivity (Wildman–Crippen MR) is 99.8 cm³/mol. The first-order valence-corrected chi connectivity index (χ1v) is 9.46. The van der Waals surface area contributed by atoms with Crippen LogP contribution in [0.25, 0.3) is 0 Å². The number of hydrogen-bond donors (Lipinski definition) is 1. The molecule has 0 aromatic heterocycles. The van der Waals surface area contributed by atoms with E-state index in [-0.39, 0.29) is 29.9 Å². The van der Waals surface area contributed by atoms with Gasteiger partial charge < -0.3 is 24.4 Å². The number of methoxy groups -OCH3 is 2. The van der Waals surface area contributed by atoms with E-state index in [1.807, 2.05) is 17.0 Å². The smallest absolute Gasteiger partial charge is 0.253 e. The van der Waals surface area contributed by atoms with Crippen molar-refractivity contribution in [3.8, 4) is 5.75 Å². The highest BCUT2D eigenvalue weighted by atomic mass is 16.5. The van der Waals surface area contributed by atoms with E-state index in [2.05, 4.69) is 5.32 Å². The Morgan fingerprint density at radius 3 is 2.67 bits per heavy atom. The van der Waals surface area contributed by atoms with Crippen molar-refractivity contribution >= 4 is 11.8 Å². The second-order valence-corrected chi connectivity index (χ2v) is 7.05. The largest absolute Gasteiger partial charge is 0.497 e. The third-order valence-electron chi connectivity index (χ3n) is 5.40. The minimum atomic E-state index is -0.0996. The van der Waals surface area contributed by atoms with Crippen LogP contribution in [0.15, 0.2) is 24.3 Å². The SMILES string of the molecule is COc1cccc(C(=O)N2CCC(C(=O)N[C@@H]3CCOC[C@H]3OC)CC2)c1. The van der Waals surface area contributed by atoms with Crippen LogP contribution in [0, 0.1) is 5.92 Å². The summed E-state index contributed by atoms with van der Waals surface area (Å²) in [5.74, 6) is 0.632. The van der Waals surface area contributed by atoms with E-state index >= 15 is 0 Å². The molecule has 2 amide bonds. The number of amides is 2. The van der Waals surface area contributed by atoms with E-state index in [1.54, 1.807) is 26.4 Å². The number of likely N-dealkylation sites (tertiary alicyclic amines) is 1. The maximum atomic E-state index is 12.7. The van der Waals surface area contributed by atoms with Crippen LogP contribution < -0.4 is 10.1 Å². The van der Waals surface area contributed by atoms with Crippen molar-refractivity contribution < 1.29 is 23.8 Å². The fourth-order valence-corrected chi connectivity index (χ4v) is 3.69. The quantitative estimate of drug-likeness (QED) is 0.842. The molecule has 7 heteroatoms. The fourth-order valence-electron chi connectivity index (χ4n) is 3.69. The Morgan fingerprint density at radius 1 is 1.19 bits per heavy atom. The van der Waals surface area contributed by atoms with Crippen LogP contribution in [-0.4, -0.2) is 69.4 Å². The number of piperidine rings is 1. The lowest BCUT2D eigenvalue weighted by Gasteiger charge is -2.35. The predicted octanol–water partition coefficient (Wildman–Crippen LogP) is 1.47. The summed E-state index contributed by atoms with van der Waals surface area (Å²) in [7, 11) is 3.22. The van der Waals surface area contributed by atoms with E-state index in [1.165, 1.54) is 0 Å². The van der Waals surface area contributed by atoms with E-state index in [0.29, 0.717) is 50.5 Å². The number of nitrogens with one attached hydrogen (secondary N) is 1. The van der Waals surface area contributed by atoms with Crippen LogP contribution in [0.1, 0.15) is 29.6 Å². The number of ether oxygens (including phenoxy) is 3. The van der Waals surface area contributed by atoms with Crippen molar-refractivity contribution in [3.05, 3.63) is 29.8 Å². The molecule has 0 spiro atoms. The molecule has 2 heterocycles. The highest BCUT2D eigenvalue weighted by Crippen LogP contribution is 2.22. The van der Waals surface area contributed by atoms with Crippen LogP contribution in [0.3, 0.4) is 0 Å². The van der Waals surface area contributed by atoms with Gasteiger partial charge in [0.2, 0.25) is 5.91 Å². The van der Waals surface area contributed by atoms with Crippen molar-refractivity contribution in [3.63, 3.8) is 0 Å². The number of carbonyl (C=O) groups is 2. The lowest BCUT2D eigenvalue weighted by molar-refractivity contribution is -0.130. The Bertz CT molecular complexity index is 658. The Hall–Kier alpha value is -2.12. The van der Waals surface area contributed by atoms with Crippen LogP contribution in [0.2, 0.25) is 0 Å². The molecule has 0 bridgehead atoms. The molecule has 0 radical (unpaired) electrons. The lowest BCUT2D eigenvalue weighted by Crippen LogP contribution is -2.52. The van der Waals surface area contributed by atoms with Gasteiger partial charge in [-0.05, 0) is 37.5 Å². The minimum Gasteiger partial charge on any atom is -0.497 e. The van der Waals surface area contributed by atoms with Gasteiger partial charge in [-0.3, -0.25) is 9.59 Å². The van der Waals surface area contributed by atoms with E-state index in [9.17, 15) is 9.59 Å². The Kier molecular flexibility index (Phi) is 6.68. The molecule has 0 aliphatic carbocycles. The molecule has 3 rings (SSSR count). The first-order chi connectivity index (χ1) is 13.1. The van der Waals surface area contributed by atoms with Gasteiger partial charge in [0, 0.05) is 38.3 Å². The number of hydrogen-bond acceptors (Lipinski definition) is 5. The molecule has 2 saturated heterocycles. The molecule has 27 heavy (non-hydrogen) atoms. The second-order valence-electron chi connectivity index (χ2n) is 7.05. The molecule has 0 saturated carbocycles. The molecule has 2 fully saturated rings. The summed E-state index contributed by atoms with van der Waals surface area (Å²) in [5.41, 5.74) is 0.613.